The predicted molar refractivity (Wildman–Crippen MR) is 43.2 cm³/mol. The van der Waals surface area contributed by atoms with Gasteiger partial charge in [-0.25, -0.2) is 0 Å². The summed E-state index contributed by atoms with van der Waals surface area (Å²) in [6.45, 7) is 8.29. The molecule has 0 unspecified atom stereocenters. The lowest BCUT2D eigenvalue weighted by Gasteiger charge is -2.13. The molecule has 0 saturated heterocycles. The molecule has 0 aromatic rings. The standard InChI is InChI=1S/C6H13ClSi/c1-4-8(2,3)6-5-7/h4H,1,5-6H2,2-3H3. The lowest BCUT2D eigenvalue weighted by molar-refractivity contribution is 1.39. The second-order valence-corrected chi connectivity index (χ2v) is 7.90. The maximum atomic E-state index is 5.55. The minimum Gasteiger partial charge on any atom is -0.127 e. The van der Waals surface area contributed by atoms with Crippen molar-refractivity contribution in [3.8, 4) is 0 Å². The van der Waals surface area contributed by atoms with E-state index in [1.807, 2.05) is 0 Å². The van der Waals surface area contributed by atoms with Crippen molar-refractivity contribution < 1.29 is 0 Å². The van der Waals surface area contributed by atoms with Crippen molar-refractivity contribution in [2.75, 3.05) is 5.88 Å². The molecule has 0 spiro atoms. The Balaban J connectivity index is 3.53. The highest BCUT2D eigenvalue weighted by Crippen LogP contribution is 2.09. The number of halogens is 1. The Bertz CT molecular complexity index is 78.6. The highest BCUT2D eigenvalue weighted by atomic mass is 35.5. The molecule has 0 aliphatic heterocycles. The average molecular weight is 149 g/mol. The number of rotatable bonds is 3. The third-order valence-corrected chi connectivity index (χ3v) is 4.44. The summed E-state index contributed by atoms with van der Waals surface area (Å²) in [5.41, 5.74) is 2.08. The van der Waals surface area contributed by atoms with Crippen molar-refractivity contribution in [3.63, 3.8) is 0 Å². The van der Waals surface area contributed by atoms with Gasteiger partial charge in [0.1, 0.15) is 0 Å². The normalized spacial score (nSPS) is 11.4. The van der Waals surface area contributed by atoms with Crippen LogP contribution in [0.1, 0.15) is 0 Å². The zero-order valence-electron chi connectivity index (χ0n) is 5.58. The first-order valence-electron chi connectivity index (χ1n) is 2.82. The lowest BCUT2D eigenvalue weighted by Crippen LogP contribution is -2.21. The highest BCUT2D eigenvalue weighted by molar-refractivity contribution is 6.82. The highest BCUT2D eigenvalue weighted by Gasteiger charge is 2.13. The third-order valence-electron chi connectivity index (χ3n) is 1.29. The molecule has 0 fully saturated rings. The molecule has 0 N–H and O–H groups in total. The van der Waals surface area contributed by atoms with E-state index in [0.29, 0.717) is 0 Å². The van der Waals surface area contributed by atoms with Crippen molar-refractivity contribution in [3.05, 3.63) is 12.3 Å². The molecule has 0 aliphatic rings. The number of hydrogen-bond acceptors (Lipinski definition) is 0. The Labute approximate surface area is 57.6 Å². The van der Waals surface area contributed by atoms with Gasteiger partial charge < -0.3 is 0 Å². The van der Waals surface area contributed by atoms with Gasteiger partial charge in [0.15, 0.2) is 0 Å². The van der Waals surface area contributed by atoms with Crippen LogP contribution in [0, 0.1) is 0 Å². The summed E-state index contributed by atoms with van der Waals surface area (Å²) in [6.07, 6.45) is 0. The quantitative estimate of drug-likeness (QED) is 0.427. The van der Waals surface area contributed by atoms with E-state index in [-0.39, 0.29) is 0 Å². The second kappa shape index (κ2) is 3.31. The van der Waals surface area contributed by atoms with Crippen LogP contribution in [0.2, 0.25) is 19.1 Å². The first-order valence-corrected chi connectivity index (χ1v) is 6.64. The maximum absolute atomic E-state index is 5.55. The zero-order valence-corrected chi connectivity index (χ0v) is 7.33. The molecule has 0 aromatic heterocycles. The summed E-state index contributed by atoms with van der Waals surface area (Å²) >= 11 is 5.55. The molecule has 2 heteroatoms. The molecule has 0 heterocycles. The van der Waals surface area contributed by atoms with E-state index in [1.165, 1.54) is 0 Å². The summed E-state index contributed by atoms with van der Waals surface area (Å²) in [6, 6.07) is 1.15. The predicted octanol–water partition coefficient (Wildman–Crippen LogP) is 2.66. The van der Waals surface area contributed by atoms with Crippen molar-refractivity contribution in [2.24, 2.45) is 0 Å². The Morgan fingerprint density at radius 1 is 1.62 bits per heavy atom. The van der Waals surface area contributed by atoms with Crippen molar-refractivity contribution >= 4 is 19.7 Å². The Morgan fingerprint density at radius 3 is 2.25 bits per heavy atom. The summed E-state index contributed by atoms with van der Waals surface area (Å²) < 4.78 is 0. The Hall–Kier alpha value is 0.247. The fourth-order valence-corrected chi connectivity index (χ4v) is 2.50. The van der Waals surface area contributed by atoms with Gasteiger partial charge in [0.05, 0.1) is 8.07 Å². The average Bonchev–Trinajstić information content (AvgIpc) is 1.67. The van der Waals surface area contributed by atoms with Gasteiger partial charge in [-0.1, -0.05) is 13.1 Å². The van der Waals surface area contributed by atoms with Gasteiger partial charge in [-0.15, -0.1) is 23.9 Å². The zero-order chi connectivity index (χ0) is 6.62. The van der Waals surface area contributed by atoms with Crippen LogP contribution in [0.5, 0.6) is 0 Å². The van der Waals surface area contributed by atoms with Gasteiger partial charge >= 0.3 is 0 Å². The SMILES string of the molecule is C=C[Si](C)(C)CCCl. The van der Waals surface area contributed by atoms with Crippen molar-refractivity contribution in [1.82, 2.24) is 0 Å². The fraction of sp³-hybridized carbons (Fsp3) is 0.667. The van der Waals surface area contributed by atoms with Gasteiger partial charge in [-0.2, -0.15) is 0 Å². The van der Waals surface area contributed by atoms with Gasteiger partial charge in [0, 0.05) is 5.88 Å². The molecule has 0 aliphatic carbocycles. The van der Waals surface area contributed by atoms with E-state index >= 15 is 0 Å². The van der Waals surface area contributed by atoms with E-state index in [0.717, 1.165) is 11.9 Å². The maximum Gasteiger partial charge on any atom is 0.0721 e. The van der Waals surface area contributed by atoms with Gasteiger partial charge in [0.25, 0.3) is 0 Å². The van der Waals surface area contributed by atoms with Crippen LogP contribution in [0.25, 0.3) is 0 Å². The Kier molecular flexibility index (Phi) is 3.41. The summed E-state index contributed by atoms with van der Waals surface area (Å²) in [5.74, 6) is 0.783. The first-order chi connectivity index (χ1) is 3.62. The molecular formula is C6H13ClSi. The van der Waals surface area contributed by atoms with Crippen LogP contribution in [-0.4, -0.2) is 14.0 Å². The summed E-state index contributed by atoms with van der Waals surface area (Å²) in [5, 5.41) is 0. The van der Waals surface area contributed by atoms with Gasteiger partial charge in [0.2, 0.25) is 0 Å². The van der Waals surface area contributed by atoms with Gasteiger partial charge in [-0.3, -0.25) is 0 Å². The summed E-state index contributed by atoms with van der Waals surface area (Å²) in [7, 11) is -1.05. The molecule has 0 bridgehead atoms. The van der Waals surface area contributed by atoms with E-state index in [1.54, 1.807) is 0 Å². The van der Waals surface area contributed by atoms with Crippen LogP contribution in [-0.2, 0) is 0 Å². The molecule has 0 radical (unpaired) electrons. The largest absolute Gasteiger partial charge is 0.127 e. The third kappa shape index (κ3) is 3.27. The monoisotopic (exact) mass is 148 g/mol. The first kappa shape index (κ1) is 8.25. The van der Waals surface area contributed by atoms with E-state index in [4.69, 9.17) is 11.6 Å². The molecule has 48 valence electrons. The molecule has 0 rings (SSSR count). The number of alkyl halides is 1. The molecule has 8 heavy (non-hydrogen) atoms. The molecule has 0 aromatic carbocycles. The van der Waals surface area contributed by atoms with Gasteiger partial charge in [-0.05, 0) is 6.04 Å². The van der Waals surface area contributed by atoms with Crippen molar-refractivity contribution in [2.45, 2.75) is 19.1 Å². The van der Waals surface area contributed by atoms with E-state index in [9.17, 15) is 0 Å². The summed E-state index contributed by atoms with van der Waals surface area (Å²) in [4.78, 5) is 0. The van der Waals surface area contributed by atoms with Crippen LogP contribution in [0.15, 0.2) is 12.3 Å². The van der Waals surface area contributed by atoms with E-state index in [2.05, 4.69) is 25.4 Å². The Morgan fingerprint density at radius 2 is 2.12 bits per heavy atom. The molecule has 0 amide bonds. The topological polar surface area (TPSA) is 0 Å². The second-order valence-electron chi connectivity index (χ2n) is 2.63. The smallest absolute Gasteiger partial charge is 0.0721 e. The minimum absolute atomic E-state index is 0.783. The van der Waals surface area contributed by atoms with Crippen LogP contribution in [0.3, 0.4) is 0 Å². The molecule has 0 nitrogen and oxygen atoms in total. The van der Waals surface area contributed by atoms with Crippen LogP contribution >= 0.6 is 11.6 Å². The molecule has 0 saturated carbocycles. The van der Waals surface area contributed by atoms with E-state index < -0.39 is 8.07 Å². The fourth-order valence-electron chi connectivity index (χ4n) is 0.346. The van der Waals surface area contributed by atoms with Crippen molar-refractivity contribution in [1.29, 1.82) is 0 Å². The molecular weight excluding hydrogens is 136 g/mol. The number of hydrogen-bond donors (Lipinski definition) is 0. The van der Waals surface area contributed by atoms with Crippen LogP contribution in [0.4, 0.5) is 0 Å². The molecule has 0 atom stereocenters. The minimum atomic E-state index is -1.05. The lowest BCUT2D eigenvalue weighted by atomic mass is 11.0. The van der Waals surface area contributed by atoms with Crippen LogP contribution < -0.4 is 0 Å².